The van der Waals surface area contributed by atoms with Crippen molar-refractivity contribution in [3.05, 3.63) is 77.3 Å². The van der Waals surface area contributed by atoms with Crippen LogP contribution in [0, 0.1) is 13.8 Å². The van der Waals surface area contributed by atoms with E-state index in [1.165, 1.54) is 22.5 Å². The van der Waals surface area contributed by atoms with E-state index in [0.29, 0.717) is 17.1 Å². The fraction of sp³-hybridized carbons (Fsp3) is 0.167. The lowest BCUT2D eigenvalue weighted by Crippen LogP contribution is -2.40. The third-order valence-electron chi connectivity index (χ3n) is 5.12. The van der Waals surface area contributed by atoms with E-state index < -0.39 is 11.8 Å². The number of hydrazine groups is 1. The van der Waals surface area contributed by atoms with E-state index in [0.717, 1.165) is 17.5 Å². The molecule has 0 bridgehead atoms. The van der Waals surface area contributed by atoms with Crippen molar-refractivity contribution in [3.63, 3.8) is 0 Å². The minimum atomic E-state index is -0.419. The first-order chi connectivity index (χ1) is 14.5. The highest BCUT2D eigenvalue weighted by Gasteiger charge is 2.13. The van der Waals surface area contributed by atoms with E-state index in [1.807, 2.05) is 18.2 Å². The molecule has 2 N–H and O–H groups in total. The Kier molecular flexibility index (Phi) is 5.14. The number of aromatic nitrogens is 1. The molecule has 0 aliphatic heterocycles. The molecular formula is C24H23N3O3. The number of hydrogen-bond acceptors (Lipinski definition) is 3. The second-order valence-electron chi connectivity index (χ2n) is 7.14. The van der Waals surface area contributed by atoms with Gasteiger partial charge >= 0.3 is 0 Å². The van der Waals surface area contributed by atoms with Crippen molar-refractivity contribution in [3.8, 4) is 0 Å². The molecule has 0 aliphatic carbocycles. The number of carbonyl (C=O) groups excluding carboxylic acids is 2. The molecule has 4 aromatic rings. The summed E-state index contributed by atoms with van der Waals surface area (Å²) in [5, 5.41) is 2.33. The molecule has 0 fully saturated rings. The lowest BCUT2D eigenvalue weighted by Gasteiger charge is -2.04. The average Bonchev–Trinajstić information content (AvgIpc) is 3.26. The fourth-order valence-corrected chi connectivity index (χ4v) is 3.77. The van der Waals surface area contributed by atoms with Gasteiger partial charge in [-0.25, -0.2) is 0 Å². The molecule has 2 aromatic heterocycles. The monoisotopic (exact) mass is 401 g/mol. The summed E-state index contributed by atoms with van der Waals surface area (Å²) in [6, 6.07) is 16.1. The molecule has 0 spiro atoms. The summed E-state index contributed by atoms with van der Waals surface area (Å²) in [5.41, 5.74) is 8.46. The van der Waals surface area contributed by atoms with Crippen LogP contribution in [-0.2, 0) is 11.3 Å². The van der Waals surface area contributed by atoms with Gasteiger partial charge in [-0.05, 0) is 56.7 Å². The second kappa shape index (κ2) is 7.91. The van der Waals surface area contributed by atoms with E-state index >= 15 is 0 Å². The zero-order valence-corrected chi connectivity index (χ0v) is 17.2. The Morgan fingerprint density at radius 3 is 2.50 bits per heavy atom. The summed E-state index contributed by atoms with van der Waals surface area (Å²) >= 11 is 0. The molecule has 4 rings (SSSR count). The van der Waals surface area contributed by atoms with Gasteiger partial charge in [0.2, 0.25) is 0 Å². The van der Waals surface area contributed by atoms with Crippen molar-refractivity contribution in [2.24, 2.45) is 0 Å². The van der Waals surface area contributed by atoms with Crippen molar-refractivity contribution in [2.45, 2.75) is 27.3 Å². The van der Waals surface area contributed by atoms with E-state index in [-0.39, 0.29) is 0 Å². The van der Waals surface area contributed by atoms with Crippen molar-refractivity contribution < 1.29 is 14.0 Å². The van der Waals surface area contributed by atoms with E-state index in [2.05, 4.69) is 46.6 Å². The lowest BCUT2D eigenvalue weighted by molar-refractivity contribution is -0.117. The number of carbonyl (C=O) groups is 2. The maximum absolute atomic E-state index is 12.1. The molecule has 0 saturated heterocycles. The Bertz CT molecular complexity index is 1290. The average molecular weight is 401 g/mol. The Morgan fingerprint density at radius 1 is 1.00 bits per heavy atom. The van der Waals surface area contributed by atoms with Crippen LogP contribution in [0.2, 0.25) is 0 Å². The predicted molar refractivity (Wildman–Crippen MR) is 118 cm³/mol. The minimum absolute atomic E-state index is 0.398. The number of rotatable bonds is 4. The summed E-state index contributed by atoms with van der Waals surface area (Å²) in [6.07, 6.45) is 3.13. The third-order valence-corrected chi connectivity index (χ3v) is 5.12. The van der Waals surface area contributed by atoms with Gasteiger partial charge < -0.3 is 8.98 Å². The van der Waals surface area contributed by atoms with Crippen molar-refractivity contribution in [1.82, 2.24) is 15.4 Å². The predicted octanol–water partition coefficient (Wildman–Crippen LogP) is 4.50. The summed E-state index contributed by atoms with van der Waals surface area (Å²) in [5.74, 6) is 0.315. The first-order valence-corrected chi connectivity index (χ1v) is 9.84. The van der Waals surface area contributed by atoms with Crippen molar-refractivity contribution in [2.75, 3.05) is 0 Å². The van der Waals surface area contributed by atoms with Gasteiger partial charge in [-0.1, -0.05) is 24.3 Å². The molecule has 30 heavy (non-hydrogen) atoms. The zero-order valence-electron chi connectivity index (χ0n) is 17.2. The first-order valence-electron chi connectivity index (χ1n) is 9.84. The van der Waals surface area contributed by atoms with Crippen LogP contribution in [0.5, 0.6) is 0 Å². The molecule has 0 atom stereocenters. The van der Waals surface area contributed by atoms with Crippen LogP contribution < -0.4 is 10.9 Å². The van der Waals surface area contributed by atoms with Crippen LogP contribution in [0.4, 0.5) is 0 Å². The number of hydrogen-bond donors (Lipinski definition) is 2. The Morgan fingerprint density at radius 2 is 1.77 bits per heavy atom. The molecule has 152 valence electrons. The number of benzene rings is 2. The molecular weight excluding hydrogens is 378 g/mol. The van der Waals surface area contributed by atoms with Crippen molar-refractivity contribution in [1.29, 1.82) is 0 Å². The molecule has 0 saturated carbocycles. The fourth-order valence-electron chi connectivity index (χ4n) is 3.77. The van der Waals surface area contributed by atoms with E-state index in [4.69, 9.17) is 4.42 Å². The normalized spacial score (nSPS) is 11.4. The molecule has 2 heterocycles. The lowest BCUT2D eigenvalue weighted by atomic mass is 10.1. The third kappa shape index (κ3) is 3.59. The first kappa shape index (κ1) is 19.5. The van der Waals surface area contributed by atoms with Crippen LogP contribution in [0.25, 0.3) is 27.9 Å². The second-order valence-corrected chi connectivity index (χ2v) is 7.14. The van der Waals surface area contributed by atoms with Crippen molar-refractivity contribution >= 4 is 39.7 Å². The van der Waals surface area contributed by atoms with Gasteiger partial charge in [-0.3, -0.25) is 20.4 Å². The van der Waals surface area contributed by atoms with Gasteiger partial charge in [0.1, 0.15) is 11.5 Å². The van der Waals surface area contributed by atoms with Gasteiger partial charge in [0.25, 0.3) is 11.8 Å². The quantitative estimate of drug-likeness (QED) is 0.390. The van der Waals surface area contributed by atoms with Crippen LogP contribution in [0.3, 0.4) is 0 Å². The van der Waals surface area contributed by atoms with Gasteiger partial charge in [0, 0.05) is 34.4 Å². The smallest absolute Gasteiger partial charge is 0.273 e. The number of fused-ring (bicyclic) bond motifs is 3. The summed E-state index contributed by atoms with van der Waals surface area (Å²) in [6.45, 7) is 6.48. The molecule has 0 unspecified atom stereocenters. The highest BCUT2D eigenvalue weighted by molar-refractivity contribution is 6.09. The standard InChI is InChI=1S/C24H23N3O3/c1-4-27-21-8-6-5-7-18(21)20-14-17(9-11-22(20)27)10-12-23(28)25-26-24(29)19-13-15(2)30-16(19)3/h5-14H,4H2,1-3H3,(H,25,28)(H,26,29)/b12-10+. The maximum atomic E-state index is 12.1. The number of nitrogens with zero attached hydrogens (tertiary/aromatic N) is 1. The topological polar surface area (TPSA) is 76.3 Å². The van der Waals surface area contributed by atoms with Gasteiger partial charge in [0.15, 0.2) is 0 Å². The SMILES string of the molecule is CCn1c2ccccc2c2cc(/C=C/C(=O)NNC(=O)c3cc(C)oc3C)ccc21. The molecule has 0 aliphatic rings. The molecule has 2 aromatic carbocycles. The number of aryl methyl sites for hydroxylation is 3. The van der Waals surface area contributed by atoms with E-state index in [1.54, 1.807) is 26.0 Å². The van der Waals surface area contributed by atoms with Crippen LogP contribution in [-0.4, -0.2) is 16.4 Å². The summed E-state index contributed by atoms with van der Waals surface area (Å²) in [7, 11) is 0. The molecule has 2 amide bonds. The van der Waals surface area contributed by atoms with Gasteiger partial charge in [-0.2, -0.15) is 0 Å². The van der Waals surface area contributed by atoms with Crippen LogP contribution >= 0.6 is 0 Å². The summed E-state index contributed by atoms with van der Waals surface area (Å²) < 4.78 is 7.61. The Balaban J connectivity index is 1.49. The van der Waals surface area contributed by atoms with Gasteiger partial charge in [-0.15, -0.1) is 0 Å². The maximum Gasteiger partial charge on any atom is 0.273 e. The van der Waals surface area contributed by atoms with Crippen LogP contribution in [0.15, 0.2) is 59.0 Å². The van der Waals surface area contributed by atoms with E-state index in [9.17, 15) is 9.59 Å². The minimum Gasteiger partial charge on any atom is -0.466 e. The largest absolute Gasteiger partial charge is 0.466 e. The van der Waals surface area contributed by atoms with Crippen LogP contribution in [0.1, 0.15) is 34.4 Å². The molecule has 6 nitrogen and oxygen atoms in total. The molecule has 0 radical (unpaired) electrons. The number of nitrogens with one attached hydrogen (secondary N) is 2. The number of amides is 2. The Hall–Kier alpha value is -3.80. The highest BCUT2D eigenvalue weighted by Crippen LogP contribution is 2.29. The number of furan rings is 1. The molecule has 6 heteroatoms. The Labute approximate surface area is 174 Å². The number of para-hydroxylation sites is 1. The zero-order chi connectivity index (χ0) is 21.3. The summed E-state index contributed by atoms with van der Waals surface area (Å²) in [4.78, 5) is 24.3. The highest BCUT2D eigenvalue weighted by atomic mass is 16.3. The van der Waals surface area contributed by atoms with Gasteiger partial charge in [0.05, 0.1) is 5.56 Å².